The summed E-state index contributed by atoms with van der Waals surface area (Å²) in [6, 6.07) is 5.51. The zero-order valence-electron chi connectivity index (χ0n) is 17.4. The number of thiophene rings is 1. The second kappa shape index (κ2) is 9.89. The third-order valence-corrected chi connectivity index (χ3v) is 7.00. The zero-order chi connectivity index (χ0) is 19.2. The van der Waals surface area contributed by atoms with Crippen molar-refractivity contribution >= 4 is 17.3 Å². The molecule has 2 N–H and O–H groups in total. The van der Waals surface area contributed by atoms with Crippen molar-refractivity contribution in [2.45, 2.75) is 52.2 Å². The van der Waals surface area contributed by atoms with Gasteiger partial charge in [0.1, 0.15) is 0 Å². The van der Waals surface area contributed by atoms with Crippen molar-refractivity contribution < 1.29 is 0 Å². The lowest BCUT2D eigenvalue weighted by molar-refractivity contribution is 0.179. The monoisotopic (exact) mass is 391 g/mol. The number of aliphatic imine (C=N–C) groups is 1. The highest BCUT2D eigenvalue weighted by molar-refractivity contribution is 7.09. The van der Waals surface area contributed by atoms with Gasteiger partial charge in [0.05, 0.1) is 0 Å². The van der Waals surface area contributed by atoms with E-state index in [1.54, 1.807) is 0 Å². The predicted molar refractivity (Wildman–Crippen MR) is 116 cm³/mol. The van der Waals surface area contributed by atoms with E-state index < -0.39 is 0 Å². The third kappa shape index (κ3) is 5.93. The van der Waals surface area contributed by atoms with Crippen LogP contribution in [0.15, 0.2) is 22.5 Å². The van der Waals surface area contributed by atoms with Crippen molar-refractivity contribution in [2.75, 3.05) is 39.8 Å². The van der Waals surface area contributed by atoms with Gasteiger partial charge in [0.15, 0.2) is 5.96 Å². The van der Waals surface area contributed by atoms with Gasteiger partial charge in [-0.15, -0.1) is 11.3 Å². The SMILES string of the molecule is CN=C(NCC1CCN(Cc2cccs2)CC1)NC1CN(C(C)C)CC1C. The van der Waals surface area contributed by atoms with Crippen LogP contribution in [0.25, 0.3) is 0 Å². The second-order valence-electron chi connectivity index (χ2n) is 8.53. The molecule has 2 aliphatic heterocycles. The summed E-state index contributed by atoms with van der Waals surface area (Å²) in [6.45, 7) is 13.8. The van der Waals surface area contributed by atoms with Crippen molar-refractivity contribution in [3.8, 4) is 0 Å². The fourth-order valence-corrected chi connectivity index (χ4v) is 4.94. The Bertz CT molecular complexity index is 577. The topological polar surface area (TPSA) is 42.9 Å². The molecule has 27 heavy (non-hydrogen) atoms. The van der Waals surface area contributed by atoms with Crippen LogP contribution in [-0.4, -0.2) is 67.6 Å². The fraction of sp³-hybridized carbons (Fsp3) is 0.762. The van der Waals surface area contributed by atoms with E-state index in [2.05, 4.69) is 63.7 Å². The molecule has 0 bridgehead atoms. The summed E-state index contributed by atoms with van der Waals surface area (Å²) in [7, 11) is 1.89. The number of hydrogen-bond acceptors (Lipinski definition) is 4. The standard InChI is InChI=1S/C21H37N5S/c1-16(2)26-13-17(3)20(15-26)24-21(22-4)23-12-18-7-9-25(10-8-18)14-19-6-5-11-27-19/h5-6,11,16-18,20H,7-10,12-15H2,1-4H3,(H2,22,23,24). The van der Waals surface area contributed by atoms with Gasteiger partial charge in [-0.25, -0.2) is 0 Å². The highest BCUT2D eigenvalue weighted by Crippen LogP contribution is 2.21. The van der Waals surface area contributed by atoms with Crippen LogP contribution in [0.4, 0.5) is 0 Å². The summed E-state index contributed by atoms with van der Waals surface area (Å²) >= 11 is 1.87. The van der Waals surface area contributed by atoms with Crippen LogP contribution in [0.1, 0.15) is 38.5 Å². The first-order valence-electron chi connectivity index (χ1n) is 10.5. The predicted octanol–water partition coefficient (Wildman–Crippen LogP) is 2.85. The maximum absolute atomic E-state index is 4.47. The van der Waals surface area contributed by atoms with Gasteiger partial charge in [0.25, 0.3) is 0 Å². The zero-order valence-corrected chi connectivity index (χ0v) is 18.3. The van der Waals surface area contributed by atoms with Crippen molar-refractivity contribution in [3.63, 3.8) is 0 Å². The number of guanidine groups is 1. The Kier molecular flexibility index (Phi) is 7.56. The smallest absolute Gasteiger partial charge is 0.191 e. The Labute approximate surface area is 169 Å². The molecule has 0 spiro atoms. The van der Waals surface area contributed by atoms with Crippen molar-refractivity contribution in [1.82, 2.24) is 20.4 Å². The van der Waals surface area contributed by atoms with Crippen molar-refractivity contribution in [3.05, 3.63) is 22.4 Å². The molecule has 2 fully saturated rings. The summed E-state index contributed by atoms with van der Waals surface area (Å²) in [6.07, 6.45) is 2.55. The first-order valence-corrected chi connectivity index (χ1v) is 11.4. The van der Waals surface area contributed by atoms with Crippen LogP contribution in [0.3, 0.4) is 0 Å². The summed E-state index contributed by atoms with van der Waals surface area (Å²) in [5, 5.41) is 9.44. The maximum atomic E-state index is 4.47. The van der Waals surface area contributed by atoms with E-state index in [0.717, 1.165) is 31.5 Å². The van der Waals surface area contributed by atoms with Gasteiger partial charge in [-0.05, 0) is 63.1 Å². The summed E-state index contributed by atoms with van der Waals surface area (Å²) in [5.74, 6) is 2.38. The van der Waals surface area contributed by atoms with Gasteiger partial charge in [0, 0.05) is 50.2 Å². The van der Waals surface area contributed by atoms with E-state index in [1.807, 2.05) is 18.4 Å². The van der Waals surface area contributed by atoms with E-state index in [1.165, 1.54) is 37.4 Å². The number of hydrogen-bond donors (Lipinski definition) is 2. The molecule has 3 heterocycles. The lowest BCUT2D eigenvalue weighted by Crippen LogP contribution is -2.48. The molecule has 6 heteroatoms. The van der Waals surface area contributed by atoms with E-state index in [0.29, 0.717) is 18.0 Å². The normalized spacial score (nSPS) is 26.0. The van der Waals surface area contributed by atoms with Gasteiger partial charge in [0.2, 0.25) is 0 Å². The third-order valence-electron chi connectivity index (χ3n) is 6.14. The molecule has 5 nitrogen and oxygen atoms in total. The van der Waals surface area contributed by atoms with Crippen LogP contribution >= 0.6 is 11.3 Å². The second-order valence-corrected chi connectivity index (χ2v) is 9.56. The molecule has 0 aliphatic carbocycles. The number of likely N-dealkylation sites (tertiary alicyclic amines) is 2. The van der Waals surface area contributed by atoms with E-state index in [-0.39, 0.29) is 0 Å². The lowest BCUT2D eigenvalue weighted by atomic mass is 9.97. The molecule has 2 saturated heterocycles. The molecule has 2 aliphatic rings. The quantitative estimate of drug-likeness (QED) is 0.578. The van der Waals surface area contributed by atoms with Crippen molar-refractivity contribution in [2.24, 2.45) is 16.8 Å². The molecule has 152 valence electrons. The number of nitrogens with zero attached hydrogens (tertiary/aromatic N) is 3. The number of rotatable bonds is 6. The minimum absolute atomic E-state index is 0.492. The Morgan fingerprint density at radius 1 is 1.30 bits per heavy atom. The molecule has 0 saturated carbocycles. The Morgan fingerprint density at radius 2 is 2.07 bits per heavy atom. The molecule has 3 rings (SSSR count). The summed E-state index contributed by atoms with van der Waals surface area (Å²) in [4.78, 5) is 11.1. The highest BCUT2D eigenvalue weighted by Gasteiger charge is 2.31. The van der Waals surface area contributed by atoms with Gasteiger partial charge in [-0.1, -0.05) is 13.0 Å². The van der Waals surface area contributed by atoms with Crippen molar-refractivity contribution in [1.29, 1.82) is 0 Å². The van der Waals surface area contributed by atoms with E-state index in [9.17, 15) is 0 Å². The fourth-order valence-electron chi connectivity index (χ4n) is 4.20. The Morgan fingerprint density at radius 3 is 2.67 bits per heavy atom. The Hall–Kier alpha value is -1.11. The number of piperidine rings is 1. The molecule has 2 atom stereocenters. The Balaban J connectivity index is 1.38. The minimum Gasteiger partial charge on any atom is -0.356 e. The maximum Gasteiger partial charge on any atom is 0.191 e. The first kappa shape index (κ1) is 20.6. The minimum atomic E-state index is 0.492. The number of nitrogens with one attached hydrogen (secondary N) is 2. The average molecular weight is 392 g/mol. The van der Waals surface area contributed by atoms with E-state index in [4.69, 9.17) is 0 Å². The van der Waals surface area contributed by atoms with Crippen LogP contribution in [-0.2, 0) is 6.54 Å². The molecule has 1 aromatic heterocycles. The molecule has 2 unspecified atom stereocenters. The van der Waals surface area contributed by atoms with Crippen LogP contribution in [0.5, 0.6) is 0 Å². The highest BCUT2D eigenvalue weighted by atomic mass is 32.1. The van der Waals surface area contributed by atoms with Crippen LogP contribution in [0.2, 0.25) is 0 Å². The average Bonchev–Trinajstić information content (AvgIpc) is 3.30. The lowest BCUT2D eigenvalue weighted by Gasteiger charge is -2.32. The summed E-state index contributed by atoms with van der Waals surface area (Å²) in [5.41, 5.74) is 0. The summed E-state index contributed by atoms with van der Waals surface area (Å²) < 4.78 is 0. The molecule has 1 aromatic rings. The van der Waals surface area contributed by atoms with Gasteiger partial charge >= 0.3 is 0 Å². The largest absolute Gasteiger partial charge is 0.356 e. The molecular formula is C21H37N5S. The van der Waals surface area contributed by atoms with Gasteiger partial charge < -0.3 is 10.6 Å². The van der Waals surface area contributed by atoms with E-state index >= 15 is 0 Å². The molecule has 0 aromatic carbocycles. The first-order chi connectivity index (χ1) is 13.0. The molecule has 0 radical (unpaired) electrons. The van der Waals surface area contributed by atoms with Gasteiger partial charge in [-0.2, -0.15) is 0 Å². The molecule has 0 amide bonds. The van der Waals surface area contributed by atoms with Gasteiger partial charge in [-0.3, -0.25) is 14.8 Å². The molecular weight excluding hydrogens is 354 g/mol. The van der Waals surface area contributed by atoms with Crippen LogP contribution in [0, 0.1) is 11.8 Å². The van der Waals surface area contributed by atoms with Crippen LogP contribution < -0.4 is 10.6 Å².